The summed E-state index contributed by atoms with van der Waals surface area (Å²) >= 11 is 0. The molecular weight excluding hydrogens is 252 g/mol. The molecule has 0 bridgehead atoms. The number of amides is 1. The van der Waals surface area contributed by atoms with E-state index in [4.69, 9.17) is 0 Å². The molecule has 1 amide bonds. The summed E-state index contributed by atoms with van der Waals surface area (Å²) in [5, 5.41) is 2.98. The van der Waals surface area contributed by atoms with Crippen LogP contribution in [0.2, 0.25) is 0 Å². The fraction of sp³-hybridized carbons (Fsp3) is 0.667. The highest BCUT2D eigenvalue weighted by Gasteiger charge is 2.25. The Labute approximate surface area is 120 Å². The standard InChI is InChI=1S/C15H24N4O/c1-4-8-19(9-5-2)15-16-11(3)10-13(18-15)14(20)17-12-6-7-12/h10,12H,4-9H2,1-3H3,(H,17,20). The molecule has 0 spiro atoms. The van der Waals surface area contributed by atoms with Crippen molar-refractivity contribution in [3.05, 3.63) is 17.5 Å². The lowest BCUT2D eigenvalue weighted by Gasteiger charge is -2.22. The predicted octanol–water partition coefficient (Wildman–Crippen LogP) is 2.30. The minimum absolute atomic E-state index is 0.0767. The number of nitrogens with one attached hydrogen (secondary N) is 1. The number of aromatic nitrogens is 2. The average molecular weight is 276 g/mol. The van der Waals surface area contributed by atoms with E-state index in [0.717, 1.165) is 44.5 Å². The Hall–Kier alpha value is -1.65. The second-order valence-electron chi connectivity index (χ2n) is 5.43. The van der Waals surface area contributed by atoms with E-state index in [2.05, 4.69) is 34.0 Å². The number of hydrogen-bond donors (Lipinski definition) is 1. The topological polar surface area (TPSA) is 58.1 Å². The third kappa shape index (κ3) is 3.92. The van der Waals surface area contributed by atoms with Gasteiger partial charge in [0.25, 0.3) is 5.91 Å². The summed E-state index contributed by atoms with van der Waals surface area (Å²) in [7, 11) is 0. The van der Waals surface area contributed by atoms with Crippen LogP contribution in [0.4, 0.5) is 5.95 Å². The van der Waals surface area contributed by atoms with Crippen LogP contribution in [0.25, 0.3) is 0 Å². The van der Waals surface area contributed by atoms with Crippen molar-refractivity contribution < 1.29 is 4.79 Å². The molecule has 1 saturated carbocycles. The largest absolute Gasteiger partial charge is 0.348 e. The van der Waals surface area contributed by atoms with Crippen LogP contribution < -0.4 is 10.2 Å². The molecule has 0 aromatic carbocycles. The first-order valence-electron chi connectivity index (χ1n) is 7.55. The Kier molecular flexibility index (Phi) is 4.93. The number of aryl methyl sites for hydroxylation is 1. The lowest BCUT2D eigenvalue weighted by Crippen LogP contribution is -2.30. The Balaban J connectivity index is 2.18. The van der Waals surface area contributed by atoms with Gasteiger partial charge in [-0.05, 0) is 38.7 Å². The Morgan fingerprint density at radius 1 is 1.30 bits per heavy atom. The van der Waals surface area contributed by atoms with E-state index in [1.54, 1.807) is 6.07 Å². The maximum absolute atomic E-state index is 12.1. The van der Waals surface area contributed by atoms with Crippen LogP contribution in [0.3, 0.4) is 0 Å². The number of rotatable bonds is 7. The van der Waals surface area contributed by atoms with Gasteiger partial charge in [0.05, 0.1) is 0 Å². The molecule has 20 heavy (non-hydrogen) atoms. The molecule has 5 heteroatoms. The third-order valence-electron chi connectivity index (χ3n) is 3.26. The molecule has 1 fully saturated rings. The lowest BCUT2D eigenvalue weighted by molar-refractivity contribution is 0.0946. The van der Waals surface area contributed by atoms with E-state index >= 15 is 0 Å². The Morgan fingerprint density at radius 3 is 2.50 bits per heavy atom. The van der Waals surface area contributed by atoms with E-state index < -0.39 is 0 Å². The van der Waals surface area contributed by atoms with Crippen LogP contribution >= 0.6 is 0 Å². The molecule has 2 rings (SSSR count). The molecule has 110 valence electrons. The molecule has 0 saturated heterocycles. The first-order chi connectivity index (χ1) is 9.63. The van der Waals surface area contributed by atoms with E-state index in [1.165, 1.54) is 0 Å². The van der Waals surface area contributed by atoms with Crippen molar-refractivity contribution in [3.63, 3.8) is 0 Å². The molecule has 0 radical (unpaired) electrons. The summed E-state index contributed by atoms with van der Waals surface area (Å²) < 4.78 is 0. The Morgan fingerprint density at radius 2 is 1.95 bits per heavy atom. The number of carbonyl (C=O) groups excluding carboxylic acids is 1. The van der Waals surface area contributed by atoms with Gasteiger partial charge in [-0.15, -0.1) is 0 Å². The van der Waals surface area contributed by atoms with Crippen molar-refractivity contribution in [1.29, 1.82) is 0 Å². The zero-order chi connectivity index (χ0) is 14.5. The van der Waals surface area contributed by atoms with Gasteiger partial charge >= 0.3 is 0 Å². The zero-order valence-corrected chi connectivity index (χ0v) is 12.6. The molecule has 0 aliphatic heterocycles. The molecule has 1 aromatic rings. The van der Waals surface area contributed by atoms with Crippen LogP contribution in [-0.4, -0.2) is 35.0 Å². The molecule has 5 nitrogen and oxygen atoms in total. The summed E-state index contributed by atoms with van der Waals surface area (Å²) in [6.45, 7) is 8.02. The monoisotopic (exact) mass is 276 g/mol. The zero-order valence-electron chi connectivity index (χ0n) is 12.6. The number of carbonyl (C=O) groups is 1. The molecule has 1 aromatic heterocycles. The smallest absolute Gasteiger partial charge is 0.270 e. The molecular formula is C15H24N4O. The van der Waals surface area contributed by atoms with Crippen LogP contribution in [0.15, 0.2) is 6.07 Å². The van der Waals surface area contributed by atoms with E-state index in [9.17, 15) is 4.79 Å². The normalized spacial score (nSPS) is 14.2. The maximum Gasteiger partial charge on any atom is 0.270 e. The average Bonchev–Trinajstić information content (AvgIpc) is 3.21. The van der Waals surface area contributed by atoms with Gasteiger partial charge in [-0.1, -0.05) is 13.8 Å². The maximum atomic E-state index is 12.1. The van der Waals surface area contributed by atoms with E-state index in [1.807, 2.05) is 6.92 Å². The summed E-state index contributed by atoms with van der Waals surface area (Å²) in [4.78, 5) is 23.2. The van der Waals surface area contributed by atoms with Gasteiger partial charge in [0.1, 0.15) is 5.69 Å². The first-order valence-corrected chi connectivity index (χ1v) is 7.55. The van der Waals surface area contributed by atoms with Crippen molar-refractivity contribution >= 4 is 11.9 Å². The van der Waals surface area contributed by atoms with Crippen molar-refractivity contribution in [2.75, 3.05) is 18.0 Å². The number of nitrogens with zero attached hydrogens (tertiary/aromatic N) is 3. The van der Waals surface area contributed by atoms with Crippen LogP contribution in [0.1, 0.15) is 55.7 Å². The van der Waals surface area contributed by atoms with Gasteiger partial charge in [-0.25, -0.2) is 9.97 Å². The summed E-state index contributed by atoms with van der Waals surface area (Å²) in [5.41, 5.74) is 1.32. The molecule has 1 N–H and O–H groups in total. The highest BCUT2D eigenvalue weighted by Crippen LogP contribution is 2.19. The number of hydrogen-bond acceptors (Lipinski definition) is 4. The second kappa shape index (κ2) is 6.68. The molecule has 1 heterocycles. The van der Waals surface area contributed by atoms with Gasteiger partial charge in [-0.2, -0.15) is 0 Å². The SMILES string of the molecule is CCCN(CCC)c1nc(C)cc(C(=O)NC2CC2)n1. The molecule has 0 unspecified atom stereocenters. The second-order valence-corrected chi connectivity index (χ2v) is 5.43. The van der Waals surface area contributed by atoms with E-state index in [-0.39, 0.29) is 5.91 Å². The summed E-state index contributed by atoms with van der Waals surface area (Å²) in [6, 6.07) is 2.11. The van der Waals surface area contributed by atoms with Gasteiger partial charge in [0.2, 0.25) is 5.95 Å². The van der Waals surface area contributed by atoms with Crippen LogP contribution in [-0.2, 0) is 0 Å². The fourth-order valence-electron chi connectivity index (χ4n) is 2.15. The third-order valence-corrected chi connectivity index (χ3v) is 3.26. The van der Waals surface area contributed by atoms with Crippen LogP contribution in [0, 0.1) is 6.92 Å². The quantitative estimate of drug-likeness (QED) is 0.830. The summed E-state index contributed by atoms with van der Waals surface area (Å²) in [5.74, 6) is 0.599. The van der Waals surface area contributed by atoms with Gasteiger partial charge in [0.15, 0.2) is 0 Å². The Bertz CT molecular complexity index is 465. The van der Waals surface area contributed by atoms with E-state index in [0.29, 0.717) is 17.7 Å². The summed E-state index contributed by atoms with van der Waals surface area (Å²) in [6.07, 6.45) is 4.25. The van der Waals surface area contributed by atoms with Crippen molar-refractivity contribution in [3.8, 4) is 0 Å². The van der Waals surface area contributed by atoms with Crippen molar-refractivity contribution in [1.82, 2.24) is 15.3 Å². The first kappa shape index (κ1) is 14.8. The van der Waals surface area contributed by atoms with Crippen molar-refractivity contribution in [2.45, 2.75) is 52.5 Å². The van der Waals surface area contributed by atoms with Gasteiger partial charge in [0, 0.05) is 24.8 Å². The molecule has 1 aliphatic rings. The molecule has 0 atom stereocenters. The molecule has 1 aliphatic carbocycles. The minimum Gasteiger partial charge on any atom is -0.348 e. The number of anilines is 1. The highest BCUT2D eigenvalue weighted by atomic mass is 16.2. The van der Waals surface area contributed by atoms with Gasteiger partial charge < -0.3 is 10.2 Å². The fourth-order valence-corrected chi connectivity index (χ4v) is 2.15. The minimum atomic E-state index is -0.0767. The predicted molar refractivity (Wildman–Crippen MR) is 80.1 cm³/mol. The van der Waals surface area contributed by atoms with Gasteiger partial charge in [-0.3, -0.25) is 4.79 Å². The highest BCUT2D eigenvalue weighted by molar-refractivity contribution is 5.93. The lowest BCUT2D eigenvalue weighted by atomic mass is 10.3. The van der Waals surface area contributed by atoms with Crippen LogP contribution in [0.5, 0.6) is 0 Å². The van der Waals surface area contributed by atoms with Crippen molar-refractivity contribution in [2.24, 2.45) is 0 Å².